The molecular weight excluding hydrogens is 386 g/mol. The lowest BCUT2D eigenvalue weighted by Gasteiger charge is -2.29. The monoisotopic (exact) mass is 420 g/mol. The molecule has 1 aliphatic heterocycles. The Bertz CT molecular complexity index is 927. The van der Waals surface area contributed by atoms with Crippen LogP contribution >= 0.6 is 0 Å². The molecule has 2 amide bonds. The number of anilines is 1. The highest BCUT2D eigenvalue weighted by molar-refractivity contribution is 5.92. The van der Waals surface area contributed by atoms with Gasteiger partial charge >= 0.3 is 0 Å². The lowest BCUT2D eigenvalue weighted by molar-refractivity contribution is -0.695. The van der Waals surface area contributed by atoms with E-state index in [1.807, 2.05) is 32.0 Å². The normalized spacial score (nSPS) is 23.0. The minimum Gasteiger partial charge on any atom is -0.351 e. The summed E-state index contributed by atoms with van der Waals surface area (Å²) in [6.07, 6.45) is 4.55. The zero-order valence-corrected chi connectivity index (χ0v) is 18.6. The van der Waals surface area contributed by atoms with E-state index in [2.05, 4.69) is 40.2 Å². The van der Waals surface area contributed by atoms with Gasteiger partial charge in [-0.05, 0) is 74.3 Å². The summed E-state index contributed by atoms with van der Waals surface area (Å²) in [6, 6.07) is 14.5. The van der Waals surface area contributed by atoms with Crippen molar-refractivity contribution in [3.05, 3.63) is 64.7 Å². The molecule has 2 aliphatic rings. The summed E-state index contributed by atoms with van der Waals surface area (Å²) in [5.74, 6) is 0.799. The van der Waals surface area contributed by atoms with Crippen molar-refractivity contribution in [3.8, 4) is 0 Å². The number of amides is 2. The quantitative estimate of drug-likeness (QED) is 0.696. The van der Waals surface area contributed by atoms with Crippen LogP contribution in [-0.4, -0.2) is 24.4 Å². The van der Waals surface area contributed by atoms with Crippen molar-refractivity contribution in [1.82, 2.24) is 5.32 Å². The van der Waals surface area contributed by atoms with Gasteiger partial charge in [0.2, 0.25) is 5.91 Å². The summed E-state index contributed by atoms with van der Waals surface area (Å²) < 4.78 is 0. The second-order valence-electron chi connectivity index (χ2n) is 9.35. The highest BCUT2D eigenvalue weighted by Crippen LogP contribution is 2.29. The Morgan fingerprint density at radius 2 is 1.61 bits per heavy atom. The molecule has 2 aromatic rings. The third-order valence-corrected chi connectivity index (χ3v) is 6.79. The highest BCUT2D eigenvalue weighted by Gasteiger charge is 2.30. The number of carbonyl (C=O) groups is 2. The molecule has 0 aromatic heterocycles. The van der Waals surface area contributed by atoms with E-state index >= 15 is 0 Å². The fourth-order valence-corrected chi connectivity index (χ4v) is 5.04. The minimum atomic E-state index is -0.0326. The fourth-order valence-electron chi connectivity index (χ4n) is 5.04. The van der Waals surface area contributed by atoms with E-state index < -0.39 is 0 Å². The average Bonchev–Trinajstić information content (AvgIpc) is 2.76. The van der Waals surface area contributed by atoms with Gasteiger partial charge < -0.3 is 16.0 Å². The maximum atomic E-state index is 12.7. The minimum absolute atomic E-state index is 0.0326. The van der Waals surface area contributed by atoms with Crippen molar-refractivity contribution in [2.24, 2.45) is 11.8 Å². The van der Waals surface area contributed by atoms with Crippen molar-refractivity contribution in [3.63, 3.8) is 0 Å². The Labute approximate surface area is 185 Å². The second kappa shape index (κ2) is 9.65. The lowest BCUT2D eigenvalue weighted by atomic mass is 9.81. The van der Waals surface area contributed by atoms with Crippen LogP contribution in [0.2, 0.25) is 0 Å². The van der Waals surface area contributed by atoms with Crippen LogP contribution in [0.1, 0.15) is 47.9 Å². The van der Waals surface area contributed by atoms with Crippen LogP contribution in [0, 0.1) is 25.7 Å². The average molecular weight is 421 g/mol. The number of carbonyl (C=O) groups excluding carboxylic acids is 2. The summed E-state index contributed by atoms with van der Waals surface area (Å²) in [6.45, 7) is 5.68. The third-order valence-electron chi connectivity index (χ3n) is 6.79. The van der Waals surface area contributed by atoms with Gasteiger partial charge in [0, 0.05) is 30.1 Å². The Hall–Kier alpha value is -2.66. The molecule has 31 heavy (non-hydrogen) atoms. The zero-order valence-electron chi connectivity index (χ0n) is 18.6. The van der Waals surface area contributed by atoms with Crippen LogP contribution in [0.25, 0.3) is 0 Å². The molecule has 0 saturated heterocycles. The number of hydrogen-bond donors (Lipinski definition) is 3. The number of rotatable bonds is 5. The maximum Gasteiger partial charge on any atom is 0.278 e. The molecular formula is C26H34N3O2+. The van der Waals surface area contributed by atoms with Crippen molar-refractivity contribution in [1.29, 1.82) is 0 Å². The number of benzene rings is 2. The third kappa shape index (κ3) is 5.53. The topological polar surface area (TPSA) is 74.8 Å². The number of hydrogen-bond acceptors (Lipinski definition) is 2. The lowest BCUT2D eigenvalue weighted by Crippen LogP contribution is -2.93. The summed E-state index contributed by atoms with van der Waals surface area (Å²) in [5, 5.41) is 8.42. The van der Waals surface area contributed by atoms with Gasteiger partial charge in [0.05, 0.1) is 0 Å². The summed E-state index contributed by atoms with van der Waals surface area (Å²) in [7, 11) is 0. The second-order valence-corrected chi connectivity index (χ2v) is 9.35. The predicted octanol–water partition coefficient (Wildman–Crippen LogP) is 2.85. The van der Waals surface area contributed by atoms with E-state index in [1.165, 1.54) is 11.1 Å². The van der Waals surface area contributed by atoms with Crippen molar-refractivity contribution in [2.75, 3.05) is 11.9 Å². The number of quaternary nitrogens is 1. The number of nitrogens with two attached hydrogens (primary N) is 1. The van der Waals surface area contributed by atoms with Gasteiger partial charge in [0.1, 0.15) is 6.54 Å². The first-order chi connectivity index (χ1) is 15.0. The molecule has 0 radical (unpaired) electrons. The number of fused-ring (bicyclic) bond motifs is 1. The first-order valence-corrected chi connectivity index (χ1v) is 11.5. The Morgan fingerprint density at radius 1 is 0.935 bits per heavy atom. The molecule has 4 N–H and O–H groups in total. The molecule has 1 atom stereocenters. The summed E-state index contributed by atoms with van der Waals surface area (Å²) >= 11 is 0. The number of nitrogens with one attached hydrogen (secondary N) is 2. The van der Waals surface area contributed by atoms with Gasteiger partial charge in [-0.25, -0.2) is 0 Å². The van der Waals surface area contributed by atoms with E-state index in [-0.39, 0.29) is 23.8 Å². The molecule has 0 unspecified atom stereocenters. The first kappa shape index (κ1) is 21.6. The molecule has 4 rings (SSSR count). The molecule has 5 nitrogen and oxygen atoms in total. The van der Waals surface area contributed by atoms with E-state index in [1.54, 1.807) is 0 Å². The van der Waals surface area contributed by atoms with Crippen molar-refractivity contribution in [2.45, 2.75) is 58.5 Å². The molecule has 1 aliphatic carbocycles. The van der Waals surface area contributed by atoms with Crippen LogP contribution in [0.15, 0.2) is 42.5 Å². The zero-order chi connectivity index (χ0) is 21.8. The highest BCUT2D eigenvalue weighted by atomic mass is 16.2. The van der Waals surface area contributed by atoms with E-state index in [0.717, 1.165) is 62.0 Å². The Kier molecular flexibility index (Phi) is 6.71. The Morgan fingerprint density at radius 3 is 2.32 bits per heavy atom. The van der Waals surface area contributed by atoms with Crippen LogP contribution in [-0.2, 0) is 22.6 Å². The Balaban J connectivity index is 1.20. The van der Waals surface area contributed by atoms with Gasteiger partial charge in [-0.3, -0.25) is 9.59 Å². The fraction of sp³-hybridized carbons (Fsp3) is 0.462. The summed E-state index contributed by atoms with van der Waals surface area (Å²) in [4.78, 5) is 25.4. The van der Waals surface area contributed by atoms with Crippen molar-refractivity contribution < 1.29 is 14.9 Å². The predicted molar refractivity (Wildman–Crippen MR) is 123 cm³/mol. The molecule has 164 valence electrons. The van der Waals surface area contributed by atoms with Gasteiger partial charge in [0.25, 0.3) is 5.91 Å². The van der Waals surface area contributed by atoms with Gasteiger partial charge in [0.15, 0.2) is 6.04 Å². The molecule has 2 aromatic carbocycles. The molecule has 1 heterocycles. The SMILES string of the molecule is Cc1cc(C)cc(NC(=O)C2CCC(CNC(=O)[C@@H]3Cc4ccccc4C[NH2+]3)CC2)c1. The van der Waals surface area contributed by atoms with Gasteiger partial charge in [-0.2, -0.15) is 0 Å². The van der Waals surface area contributed by atoms with E-state index in [9.17, 15) is 9.59 Å². The maximum absolute atomic E-state index is 12.7. The molecule has 0 bridgehead atoms. The van der Waals surface area contributed by atoms with Gasteiger partial charge in [-0.15, -0.1) is 0 Å². The van der Waals surface area contributed by atoms with Crippen LogP contribution in [0.4, 0.5) is 5.69 Å². The largest absolute Gasteiger partial charge is 0.351 e. The number of aryl methyl sites for hydroxylation is 2. The first-order valence-electron chi connectivity index (χ1n) is 11.5. The van der Waals surface area contributed by atoms with Crippen LogP contribution in [0.5, 0.6) is 0 Å². The van der Waals surface area contributed by atoms with E-state index in [0.29, 0.717) is 5.92 Å². The summed E-state index contributed by atoms with van der Waals surface area (Å²) in [5.41, 5.74) is 5.84. The molecule has 0 spiro atoms. The molecule has 5 heteroatoms. The van der Waals surface area contributed by atoms with Crippen LogP contribution < -0.4 is 16.0 Å². The van der Waals surface area contributed by atoms with Crippen LogP contribution in [0.3, 0.4) is 0 Å². The van der Waals surface area contributed by atoms with Crippen molar-refractivity contribution >= 4 is 17.5 Å². The molecule has 1 fully saturated rings. The van der Waals surface area contributed by atoms with Gasteiger partial charge in [-0.1, -0.05) is 30.3 Å². The smallest absolute Gasteiger partial charge is 0.278 e. The standard InChI is InChI=1S/C26H33N3O2/c1-17-11-18(2)13-23(12-17)29-25(30)20-9-7-19(8-10-20)15-28-26(31)24-14-21-5-3-4-6-22(21)16-27-24/h3-6,11-13,19-20,24,27H,7-10,14-16H2,1-2H3,(H,28,31)(H,29,30)/p+1/t19?,20?,24-/m0/s1. The molecule has 1 saturated carbocycles. The van der Waals surface area contributed by atoms with E-state index in [4.69, 9.17) is 0 Å².